The van der Waals surface area contributed by atoms with Crippen molar-refractivity contribution in [3.8, 4) is 0 Å². The number of unbranched alkanes of at least 4 members (excludes halogenated alkanes) is 1. The Morgan fingerprint density at radius 2 is 1.44 bits per heavy atom. The maximum Gasteiger partial charge on any atom is 0.243 e. The number of hydrogen-bond donors (Lipinski definition) is 1. The van der Waals surface area contributed by atoms with Gasteiger partial charge in [-0.25, -0.2) is 13.4 Å². The molecule has 50 heavy (non-hydrogen) atoms. The largest absolute Gasteiger partial charge is 0.396 e. The number of carbonyl (C=O) groups excluding carboxylic acids is 1. The lowest BCUT2D eigenvalue weighted by atomic mass is 9.85. The Hall–Kier alpha value is -3.24. The smallest absolute Gasteiger partial charge is 0.243 e. The molecule has 0 radical (unpaired) electrons. The van der Waals surface area contributed by atoms with Crippen molar-refractivity contribution in [3.05, 3.63) is 129 Å². The summed E-state index contributed by atoms with van der Waals surface area (Å²) in [6.45, 7) is 0.788. The molecule has 7 nitrogen and oxygen atoms in total. The average Bonchev–Trinajstić information content (AvgIpc) is 3.90. The molecule has 1 N–H and O–H groups in total. The van der Waals surface area contributed by atoms with Crippen LogP contribution in [0.25, 0.3) is 11.0 Å². The summed E-state index contributed by atoms with van der Waals surface area (Å²) in [6.07, 6.45) is 4.92. The van der Waals surface area contributed by atoms with E-state index in [1.807, 2.05) is 24.3 Å². The molecule has 11 heteroatoms. The number of rotatable bonds is 12. The molecule has 2 aliphatic rings. The first-order valence-electron chi connectivity index (χ1n) is 17.0. The minimum absolute atomic E-state index is 0. The highest BCUT2D eigenvalue weighted by molar-refractivity contribution is 7.89. The molecule has 0 unspecified atom stereocenters. The Bertz CT molecular complexity index is 2030. The summed E-state index contributed by atoms with van der Waals surface area (Å²) in [6, 6.07) is 28.9. The first-order chi connectivity index (χ1) is 23.7. The molecule has 5 aromatic rings. The summed E-state index contributed by atoms with van der Waals surface area (Å²) in [4.78, 5) is 18.0. The molecule has 1 aliphatic heterocycles. The quantitative estimate of drug-likeness (QED) is 0.0780. The van der Waals surface area contributed by atoms with E-state index in [1.165, 1.54) is 6.07 Å². The number of imidazole rings is 1. The van der Waals surface area contributed by atoms with Crippen molar-refractivity contribution in [3.63, 3.8) is 0 Å². The van der Waals surface area contributed by atoms with Crippen molar-refractivity contribution in [2.75, 3.05) is 19.7 Å². The van der Waals surface area contributed by atoms with Gasteiger partial charge >= 0.3 is 0 Å². The number of fused-ring (bicyclic) bond motifs is 1. The Balaban J connectivity index is 0.00000432. The van der Waals surface area contributed by atoms with Crippen molar-refractivity contribution >= 4 is 62.4 Å². The number of sulfonamides is 1. The average molecular weight is 753 g/mol. The van der Waals surface area contributed by atoms with Crippen LogP contribution < -0.4 is 0 Å². The highest BCUT2D eigenvalue weighted by Gasteiger charge is 2.36. The fourth-order valence-corrected chi connectivity index (χ4v) is 8.84. The third-order valence-corrected chi connectivity index (χ3v) is 12.2. The van der Waals surface area contributed by atoms with Gasteiger partial charge in [0.1, 0.15) is 5.82 Å². The molecule has 1 saturated heterocycles. The highest BCUT2D eigenvalue weighted by Crippen LogP contribution is 2.44. The summed E-state index contributed by atoms with van der Waals surface area (Å²) in [5.41, 5.74) is 5.78. The van der Waals surface area contributed by atoms with Crippen molar-refractivity contribution in [2.24, 2.45) is 0 Å². The molecular formula is C39H40Cl3N3O4S. The summed E-state index contributed by atoms with van der Waals surface area (Å²) in [5.74, 6) is 1.35. The maximum atomic E-state index is 13.8. The van der Waals surface area contributed by atoms with E-state index in [0.717, 1.165) is 46.4 Å². The van der Waals surface area contributed by atoms with E-state index in [9.17, 15) is 13.2 Å². The van der Waals surface area contributed by atoms with Gasteiger partial charge in [0.05, 0.1) is 15.9 Å². The second-order valence-corrected chi connectivity index (χ2v) is 16.0. The molecule has 1 aromatic heterocycles. The minimum Gasteiger partial charge on any atom is -0.396 e. The Morgan fingerprint density at radius 3 is 2.04 bits per heavy atom. The van der Waals surface area contributed by atoms with Gasteiger partial charge in [0, 0.05) is 59.6 Å². The number of aliphatic hydroxyl groups is 1. The molecule has 4 aromatic carbocycles. The van der Waals surface area contributed by atoms with Crippen LogP contribution in [0.1, 0.15) is 95.7 Å². The fraction of sp³-hybridized carbons (Fsp3) is 0.333. The number of aliphatic hydroxyl groups excluding tert-OH is 1. The number of aromatic nitrogens is 2. The Labute approximate surface area is 309 Å². The van der Waals surface area contributed by atoms with Crippen LogP contribution in [-0.2, 0) is 10.0 Å². The number of ketones is 1. The van der Waals surface area contributed by atoms with Crippen LogP contribution in [0, 0.1) is 0 Å². The van der Waals surface area contributed by atoms with Crippen LogP contribution in [0.3, 0.4) is 0 Å². The van der Waals surface area contributed by atoms with Crippen molar-refractivity contribution in [2.45, 2.75) is 67.7 Å². The second-order valence-electron chi connectivity index (χ2n) is 13.2. The first-order valence-corrected chi connectivity index (χ1v) is 19.2. The summed E-state index contributed by atoms with van der Waals surface area (Å²) in [7, 11) is -3.78. The normalized spacial score (nSPS) is 15.8. The Kier molecular flexibility index (Phi) is 11.4. The molecular weight excluding hydrogens is 713 g/mol. The SMILES string of the molecule is Cl.O=C(CCCCO)c1cccc(S(=O)(=O)N2CCC(n3c(C4CC4)nc4ccc(C(c5ccc(Cl)cc5)c5ccc(Cl)cc5)cc43)CC2)c1. The van der Waals surface area contributed by atoms with Crippen LogP contribution in [-0.4, -0.2) is 52.9 Å². The van der Waals surface area contributed by atoms with E-state index in [1.54, 1.807) is 22.5 Å². The number of hydrogen-bond acceptors (Lipinski definition) is 5. The standard InChI is InChI=1S/C39H39Cl2N3O4S.ClH/c40-31-14-9-26(10-15-31)38(27-11-16-32(41)17-12-27)30-13-18-35-36(25-30)44(39(42-35)28-7-8-28)33-19-21-43(22-20-33)49(47,48)34-5-3-4-29(24-34)37(46)6-1-2-23-45;/h3-5,9-18,24-25,28,33,38,45H,1-2,6-8,19-23H2;1H. The van der Waals surface area contributed by atoms with E-state index in [0.29, 0.717) is 60.3 Å². The van der Waals surface area contributed by atoms with Gasteiger partial charge in [0.15, 0.2) is 5.78 Å². The van der Waals surface area contributed by atoms with Gasteiger partial charge in [-0.05, 0) is 104 Å². The molecule has 2 heterocycles. The number of Topliss-reactive ketones (excluding diaryl/α,β-unsaturated/α-hetero) is 1. The van der Waals surface area contributed by atoms with Gasteiger partial charge in [-0.1, -0.05) is 65.7 Å². The number of nitrogens with zero attached hydrogens (tertiary/aromatic N) is 3. The first kappa shape index (κ1) is 36.5. The number of piperidine rings is 1. The summed E-state index contributed by atoms with van der Waals surface area (Å²) in [5, 5.41) is 10.4. The van der Waals surface area contributed by atoms with Crippen LogP contribution in [0.5, 0.6) is 0 Å². The van der Waals surface area contributed by atoms with E-state index in [2.05, 4.69) is 47.0 Å². The number of halogens is 3. The summed E-state index contributed by atoms with van der Waals surface area (Å²) >= 11 is 12.6. The third-order valence-electron chi connectivity index (χ3n) is 9.82. The summed E-state index contributed by atoms with van der Waals surface area (Å²) < 4.78 is 31.5. The maximum absolute atomic E-state index is 13.8. The molecule has 262 valence electrons. The van der Waals surface area contributed by atoms with E-state index in [4.69, 9.17) is 33.3 Å². The molecule has 0 atom stereocenters. The van der Waals surface area contributed by atoms with Crippen LogP contribution in [0.2, 0.25) is 10.0 Å². The van der Waals surface area contributed by atoms with Crippen LogP contribution in [0.4, 0.5) is 0 Å². The predicted molar refractivity (Wildman–Crippen MR) is 202 cm³/mol. The van der Waals surface area contributed by atoms with Crippen LogP contribution in [0.15, 0.2) is 95.9 Å². The van der Waals surface area contributed by atoms with Gasteiger partial charge in [-0.15, -0.1) is 12.4 Å². The predicted octanol–water partition coefficient (Wildman–Crippen LogP) is 9.19. The van der Waals surface area contributed by atoms with E-state index in [-0.39, 0.29) is 48.1 Å². The molecule has 0 bridgehead atoms. The molecule has 0 spiro atoms. The van der Waals surface area contributed by atoms with E-state index >= 15 is 0 Å². The lowest BCUT2D eigenvalue weighted by Crippen LogP contribution is -2.39. The van der Waals surface area contributed by atoms with Crippen LogP contribution >= 0.6 is 35.6 Å². The van der Waals surface area contributed by atoms with E-state index < -0.39 is 10.0 Å². The zero-order valence-electron chi connectivity index (χ0n) is 27.5. The van der Waals surface area contributed by atoms with Gasteiger partial charge in [0.2, 0.25) is 10.0 Å². The highest BCUT2D eigenvalue weighted by atomic mass is 35.5. The van der Waals surface area contributed by atoms with Crippen molar-refractivity contribution in [1.82, 2.24) is 13.9 Å². The van der Waals surface area contributed by atoms with Gasteiger partial charge in [0.25, 0.3) is 0 Å². The molecule has 1 saturated carbocycles. The minimum atomic E-state index is -3.78. The molecule has 0 amide bonds. The lowest BCUT2D eigenvalue weighted by molar-refractivity contribution is 0.0977. The zero-order valence-corrected chi connectivity index (χ0v) is 30.7. The monoisotopic (exact) mass is 751 g/mol. The van der Waals surface area contributed by atoms with Gasteiger partial charge < -0.3 is 9.67 Å². The molecule has 1 aliphatic carbocycles. The lowest BCUT2D eigenvalue weighted by Gasteiger charge is -2.33. The van der Waals surface area contributed by atoms with Gasteiger partial charge in [-0.2, -0.15) is 4.31 Å². The fourth-order valence-electron chi connectivity index (χ4n) is 7.07. The van der Waals surface area contributed by atoms with Gasteiger partial charge in [-0.3, -0.25) is 4.79 Å². The molecule has 2 fully saturated rings. The Morgan fingerprint density at radius 1 is 0.820 bits per heavy atom. The van der Waals surface area contributed by atoms with Crippen molar-refractivity contribution < 1.29 is 18.3 Å². The second kappa shape index (κ2) is 15.6. The number of benzene rings is 4. The topological polar surface area (TPSA) is 92.5 Å². The van der Waals surface area contributed by atoms with Crippen molar-refractivity contribution in [1.29, 1.82) is 0 Å². The third kappa shape index (κ3) is 7.66. The molecule has 7 rings (SSSR count). The zero-order chi connectivity index (χ0) is 34.1. The number of carbonyl (C=O) groups is 1.